The lowest BCUT2D eigenvalue weighted by molar-refractivity contribution is -0.143. The summed E-state index contributed by atoms with van der Waals surface area (Å²) in [5.74, 6) is -0.249. The minimum Gasteiger partial charge on any atom is -0.468 e. The third-order valence-electron chi connectivity index (χ3n) is 2.15. The van der Waals surface area contributed by atoms with Crippen LogP contribution in [-0.2, 0) is 9.53 Å². The van der Waals surface area contributed by atoms with Crippen molar-refractivity contribution in [1.82, 2.24) is 5.32 Å². The van der Waals surface area contributed by atoms with Crippen LogP contribution in [0.25, 0.3) is 0 Å². The van der Waals surface area contributed by atoms with E-state index in [-0.39, 0.29) is 12.0 Å². The lowest BCUT2D eigenvalue weighted by Crippen LogP contribution is -2.29. The first-order chi connectivity index (χ1) is 7.65. The van der Waals surface area contributed by atoms with E-state index in [2.05, 4.69) is 5.32 Å². The number of allylic oxidation sites excluding steroid dienone is 1. The first-order valence-electron chi connectivity index (χ1n) is 5.12. The van der Waals surface area contributed by atoms with Gasteiger partial charge in [0.15, 0.2) is 0 Å². The Morgan fingerprint density at radius 3 is 2.88 bits per heavy atom. The number of carbonyl (C=O) groups excluding carboxylic acids is 1. The summed E-state index contributed by atoms with van der Waals surface area (Å²) in [7, 11) is 1.41. The van der Waals surface area contributed by atoms with E-state index in [1.165, 1.54) is 12.7 Å². The van der Waals surface area contributed by atoms with Gasteiger partial charge in [0.25, 0.3) is 0 Å². The van der Waals surface area contributed by atoms with Crippen LogP contribution in [0.1, 0.15) is 25.5 Å². The Balaban J connectivity index is 2.66. The second-order valence-electron chi connectivity index (χ2n) is 3.70. The lowest BCUT2D eigenvalue weighted by Gasteiger charge is -2.14. The molecular formula is C12H17NO2S. The van der Waals surface area contributed by atoms with Crippen molar-refractivity contribution >= 4 is 17.3 Å². The molecule has 1 aromatic rings. The summed E-state index contributed by atoms with van der Waals surface area (Å²) in [6, 6.07) is 1.56. The largest absolute Gasteiger partial charge is 0.468 e. The van der Waals surface area contributed by atoms with Crippen LogP contribution in [0, 0.1) is 0 Å². The first kappa shape index (κ1) is 12.9. The minimum absolute atomic E-state index is 0.249. The molecule has 4 heteroatoms. The van der Waals surface area contributed by atoms with Crippen molar-refractivity contribution < 1.29 is 9.53 Å². The van der Waals surface area contributed by atoms with E-state index in [1.54, 1.807) is 11.3 Å². The SMILES string of the molecule is COC(=O)[C@H](NCC=C(C)C)c1ccsc1. The van der Waals surface area contributed by atoms with E-state index < -0.39 is 0 Å². The van der Waals surface area contributed by atoms with Gasteiger partial charge in [-0.2, -0.15) is 11.3 Å². The Bertz CT molecular complexity index is 353. The summed E-state index contributed by atoms with van der Waals surface area (Å²) >= 11 is 1.57. The van der Waals surface area contributed by atoms with Gasteiger partial charge in [-0.15, -0.1) is 0 Å². The summed E-state index contributed by atoms with van der Waals surface area (Å²) in [5, 5.41) is 7.07. The van der Waals surface area contributed by atoms with Crippen molar-refractivity contribution in [2.45, 2.75) is 19.9 Å². The Kier molecular flexibility index (Phi) is 5.22. The van der Waals surface area contributed by atoms with Gasteiger partial charge in [0.2, 0.25) is 0 Å². The Hall–Kier alpha value is -1.13. The fourth-order valence-electron chi connectivity index (χ4n) is 1.28. The molecule has 0 aliphatic carbocycles. The summed E-state index contributed by atoms with van der Waals surface area (Å²) in [4.78, 5) is 11.6. The fourth-order valence-corrected chi connectivity index (χ4v) is 1.96. The van der Waals surface area contributed by atoms with E-state index in [9.17, 15) is 4.79 Å². The van der Waals surface area contributed by atoms with Crippen molar-refractivity contribution in [3.05, 3.63) is 34.0 Å². The highest BCUT2D eigenvalue weighted by atomic mass is 32.1. The normalized spacial score (nSPS) is 11.9. The topological polar surface area (TPSA) is 38.3 Å². The zero-order chi connectivity index (χ0) is 12.0. The number of nitrogens with one attached hydrogen (secondary N) is 1. The van der Waals surface area contributed by atoms with Crippen molar-refractivity contribution in [2.24, 2.45) is 0 Å². The molecule has 0 unspecified atom stereocenters. The van der Waals surface area contributed by atoms with E-state index in [1.807, 2.05) is 36.7 Å². The van der Waals surface area contributed by atoms with Crippen molar-refractivity contribution in [3.63, 3.8) is 0 Å². The minimum atomic E-state index is -0.369. The van der Waals surface area contributed by atoms with Crippen molar-refractivity contribution in [2.75, 3.05) is 13.7 Å². The molecule has 0 amide bonds. The molecule has 3 nitrogen and oxygen atoms in total. The smallest absolute Gasteiger partial charge is 0.327 e. The van der Waals surface area contributed by atoms with Gasteiger partial charge in [0, 0.05) is 6.54 Å². The molecule has 0 radical (unpaired) electrons. The van der Waals surface area contributed by atoms with Crippen LogP contribution >= 0.6 is 11.3 Å². The third kappa shape index (κ3) is 3.79. The van der Waals surface area contributed by atoms with Crippen LogP contribution < -0.4 is 5.32 Å². The number of hydrogen-bond acceptors (Lipinski definition) is 4. The van der Waals surface area contributed by atoms with E-state index in [4.69, 9.17) is 4.74 Å². The van der Waals surface area contributed by atoms with Gasteiger partial charge < -0.3 is 4.74 Å². The van der Waals surface area contributed by atoms with Gasteiger partial charge in [-0.05, 0) is 36.2 Å². The molecule has 0 aromatic carbocycles. The predicted molar refractivity (Wildman–Crippen MR) is 66.5 cm³/mol. The second kappa shape index (κ2) is 6.45. The number of esters is 1. The maximum atomic E-state index is 11.6. The van der Waals surface area contributed by atoms with Crippen molar-refractivity contribution in [3.8, 4) is 0 Å². The standard InChI is InChI=1S/C12H17NO2S/c1-9(2)4-6-13-11(12(14)15-3)10-5-7-16-8-10/h4-5,7-8,11,13H,6H2,1-3H3/t11-/m1/s1. The zero-order valence-corrected chi connectivity index (χ0v) is 10.6. The monoisotopic (exact) mass is 239 g/mol. The average Bonchev–Trinajstić information content (AvgIpc) is 2.76. The molecule has 1 N–H and O–H groups in total. The average molecular weight is 239 g/mol. The van der Waals surface area contributed by atoms with Crippen LogP contribution in [0.5, 0.6) is 0 Å². The van der Waals surface area contributed by atoms with Crippen LogP contribution in [0.15, 0.2) is 28.5 Å². The molecule has 0 bridgehead atoms. The molecule has 0 fully saturated rings. The molecule has 16 heavy (non-hydrogen) atoms. The zero-order valence-electron chi connectivity index (χ0n) is 9.82. The maximum absolute atomic E-state index is 11.6. The highest BCUT2D eigenvalue weighted by Gasteiger charge is 2.20. The molecule has 0 saturated carbocycles. The number of methoxy groups -OCH3 is 1. The number of hydrogen-bond donors (Lipinski definition) is 1. The Morgan fingerprint density at radius 1 is 1.62 bits per heavy atom. The number of ether oxygens (including phenoxy) is 1. The van der Waals surface area contributed by atoms with Gasteiger partial charge in [-0.3, -0.25) is 5.32 Å². The lowest BCUT2D eigenvalue weighted by atomic mass is 10.1. The predicted octanol–water partition coefficient (Wildman–Crippen LogP) is 2.52. The molecule has 0 spiro atoms. The molecular weight excluding hydrogens is 222 g/mol. The third-order valence-corrected chi connectivity index (χ3v) is 2.85. The molecule has 1 atom stereocenters. The number of carbonyl (C=O) groups is 1. The second-order valence-corrected chi connectivity index (χ2v) is 4.48. The fraction of sp³-hybridized carbons (Fsp3) is 0.417. The van der Waals surface area contributed by atoms with Gasteiger partial charge in [-0.1, -0.05) is 11.6 Å². The molecule has 1 heterocycles. The number of rotatable bonds is 5. The van der Waals surface area contributed by atoms with Gasteiger partial charge in [0.05, 0.1) is 7.11 Å². The van der Waals surface area contributed by atoms with Crippen molar-refractivity contribution in [1.29, 1.82) is 0 Å². The van der Waals surface area contributed by atoms with Crippen LogP contribution in [0.4, 0.5) is 0 Å². The van der Waals surface area contributed by atoms with Gasteiger partial charge in [0.1, 0.15) is 6.04 Å². The molecule has 1 aromatic heterocycles. The highest BCUT2D eigenvalue weighted by molar-refractivity contribution is 7.08. The molecule has 88 valence electrons. The summed E-state index contributed by atoms with van der Waals surface area (Å²) < 4.78 is 4.78. The highest BCUT2D eigenvalue weighted by Crippen LogP contribution is 2.17. The van der Waals surface area contributed by atoms with Crippen LogP contribution in [0.3, 0.4) is 0 Å². The summed E-state index contributed by atoms with van der Waals surface area (Å²) in [6.45, 7) is 4.72. The van der Waals surface area contributed by atoms with E-state index in [0.29, 0.717) is 6.54 Å². The molecule has 1 rings (SSSR count). The summed E-state index contributed by atoms with van der Waals surface area (Å²) in [5.41, 5.74) is 2.18. The molecule has 0 aliphatic rings. The Morgan fingerprint density at radius 2 is 2.38 bits per heavy atom. The maximum Gasteiger partial charge on any atom is 0.327 e. The molecule has 0 saturated heterocycles. The van der Waals surface area contributed by atoms with E-state index in [0.717, 1.165) is 5.56 Å². The van der Waals surface area contributed by atoms with Crippen LogP contribution in [0.2, 0.25) is 0 Å². The Labute approximate surface area is 100 Å². The number of thiophene rings is 1. The quantitative estimate of drug-likeness (QED) is 0.634. The summed E-state index contributed by atoms with van der Waals surface area (Å²) in [6.07, 6.45) is 2.04. The van der Waals surface area contributed by atoms with Crippen LogP contribution in [-0.4, -0.2) is 19.6 Å². The van der Waals surface area contributed by atoms with E-state index >= 15 is 0 Å². The van der Waals surface area contributed by atoms with Gasteiger partial charge >= 0.3 is 5.97 Å². The van der Waals surface area contributed by atoms with Gasteiger partial charge in [-0.25, -0.2) is 4.79 Å². The molecule has 0 aliphatic heterocycles. The first-order valence-corrected chi connectivity index (χ1v) is 6.06.